The van der Waals surface area contributed by atoms with E-state index in [-0.39, 0.29) is 11.8 Å². The molecule has 0 radical (unpaired) electrons. The number of nitrogens with one attached hydrogen (secondary N) is 1. The quantitative estimate of drug-likeness (QED) is 0.849. The van der Waals surface area contributed by atoms with Gasteiger partial charge in [-0.3, -0.25) is 9.59 Å². The van der Waals surface area contributed by atoms with Gasteiger partial charge in [0.1, 0.15) is 0 Å². The number of likely N-dealkylation sites (tertiary alicyclic amines) is 1. The molecule has 1 aliphatic carbocycles. The summed E-state index contributed by atoms with van der Waals surface area (Å²) in [5.74, 6) is 1.34. The second-order valence-corrected chi connectivity index (χ2v) is 8.12. The van der Waals surface area contributed by atoms with E-state index in [4.69, 9.17) is 0 Å². The minimum atomic E-state index is 0.0478. The summed E-state index contributed by atoms with van der Waals surface area (Å²) in [7, 11) is 4.01. The predicted octanol–water partition coefficient (Wildman–Crippen LogP) is 3.43. The number of amides is 2. The third-order valence-corrected chi connectivity index (χ3v) is 5.55. The van der Waals surface area contributed by atoms with Crippen molar-refractivity contribution in [3.05, 3.63) is 23.8 Å². The minimum Gasteiger partial charge on any atom is -0.377 e. The molecule has 5 heteroatoms. The Morgan fingerprint density at radius 1 is 1.19 bits per heavy atom. The van der Waals surface area contributed by atoms with Gasteiger partial charge in [-0.15, -0.1) is 0 Å². The van der Waals surface area contributed by atoms with Gasteiger partial charge in [-0.25, -0.2) is 0 Å². The molecule has 1 aromatic carbocycles. The number of carbonyl (C=O) groups is 2. The van der Waals surface area contributed by atoms with Gasteiger partial charge in [-0.05, 0) is 62.1 Å². The van der Waals surface area contributed by atoms with E-state index in [1.54, 1.807) is 0 Å². The lowest BCUT2D eigenvalue weighted by atomic mass is 9.96. The summed E-state index contributed by atoms with van der Waals surface area (Å²) >= 11 is 0. The molecular formula is C21H31N3O2. The van der Waals surface area contributed by atoms with Gasteiger partial charge in [-0.2, -0.15) is 0 Å². The van der Waals surface area contributed by atoms with Crippen LogP contribution >= 0.6 is 0 Å². The van der Waals surface area contributed by atoms with E-state index in [2.05, 4.69) is 17.1 Å². The topological polar surface area (TPSA) is 52.7 Å². The van der Waals surface area contributed by atoms with Crippen LogP contribution in [-0.2, 0) is 9.59 Å². The standard InChI is InChI=1S/C21H31N3O2/c1-15-4-8-18(13-19(15)23(2)3)22-20(25)12-16-7-9-21(26)24(11-10-16)14-17-5-6-17/h4,8,13,16-17H,5-7,9-12,14H2,1-3H3,(H,22,25). The average molecular weight is 357 g/mol. The van der Waals surface area contributed by atoms with Crippen LogP contribution < -0.4 is 10.2 Å². The van der Waals surface area contributed by atoms with E-state index in [1.165, 1.54) is 18.4 Å². The lowest BCUT2D eigenvalue weighted by molar-refractivity contribution is -0.131. The molecule has 0 bridgehead atoms. The Morgan fingerprint density at radius 3 is 2.65 bits per heavy atom. The van der Waals surface area contributed by atoms with Crippen LogP contribution in [0.1, 0.15) is 44.1 Å². The highest BCUT2D eigenvalue weighted by atomic mass is 16.2. The molecule has 3 rings (SSSR count). The van der Waals surface area contributed by atoms with E-state index in [9.17, 15) is 9.59 Å². The van der Waals surface area contributed by atoms with E-state index in [0.29, 0.717) is 18.8 Å². The Morgan fingerprint density at radius 2 is 1.96 bits per heavy atom. The zero-order valence-electron chi connectivity index (χ0n) is 16.3. The number of benzene rings is 1. The van der Waals surface area contributed by atoms with Crippen molar-refractivity contribution in [2.75, 3.05) is 37.4 Å². The zero-order valence-corrected chi connectivity index (χ0v) is 16.3. The molecule has 142 valence electrons. The summed E-state index contributed by atoms with van der Waals surface area (Å²) in [5, 5.41) is 3.03. The van der Waals surface area contributed by atoms with Crippen LogP contribution in [0.15, 0.2) is 18.2 Å². The van der Waals surface area contributed by atoms with Crippen molar-refractivity contribution in [3.8, 4) is 0 Å². The predicted molar refractivity (Wildman–Crippen MR) is 105 cm³/mol. The molecule has 1 saturated carbocycles. The summed E-state index contributed by atoms with van der Waals surface area (Å²) in [6, 6.07) is 6.00. The molecule has 1 aliphatic heterocycles. The Kier molecular flexibility index (Phi) is 5.84. The number of carbonyl (C=O) groups excluding carboxylic acids is 2. The average Bonchev–Trinajstić information content (AvgIpc) is 3.41. The van der Waals surface area contributed by atoms with Crippen molar-refractivity contribution in [2.24, 2.45) is 11.8 Å². The lowest BCUT2D eigenvalue weighted by Gasteiger charge is -2.20. The molecule has 1 aromatic rings. The zero-order chi connectivity index (χ0) is 18.7. The Balaban J connectivity index is 1.53. The molecule has 1 saturated heterocycles. The number of anilines is 2. The van der Waals surface area contributed by atoms with Gasteiger partial charge >= 0.3 is 0 Å². The molecular weight excluding hydrogens is 326 g/mol. The number of nitrogens with zero attached hydrogens (tertiary/aromatic N) is 2. The van der Waals surface area contributed by atoms with Gasteiger partial charge in [0.25, 0.3) is 0 Å². The fourth-order valence-corrected chi connectivity index (χ4v) is 3.75. The molecule has 1 atom stereocenters. The highest BCUT2D eigenvalue weighted by molar-refractivity contribution is 5.91. The van der Waals surface area contributed by atoms with Crippen molar-refractivity contribution in [1.29, 1.82) is 0 Å². The van der Waals surface area contributed by atoms with Crippen LogP contribution in [-0.4, -0.2) is 43.9 Å². The first-order chi connectivity index (χ1) is 12.4. The fraction of sp³-hybridized carbons (Fsp3) is 0.619. The summed E-state index contributed by atoms with van der Waals surface area (Å²) in [6.07, 6.45) is 5.37. The molecule has 0 spiro atoms. The summed E-state index contributed by atoms with van der Waals surface area (Å²) in [4.78, 5) is 28.8. The van der Waals surface area contributed by atoms with Crippen molar-refractivity contribution in [3.63, 3.8) is 0 Å². The first-order valence-electron chi connectivity index (χ1n) is 9.78. The molecule has 1 N–H and O–H groups in total. The highest BCUT2D eigenvalue weighted by Crippen LogP contribution is 2.31. The van der Waals surface area contributed by atoms with Crippen LogP contribution in [0.3, 0.4) is 0 Å². The maximum absolute atomic E-state index is 12.5. The molecule has 2 fully saturated rings. The van der Waals surface area contributed by atoms with E-state index in [0.717, 1.165) is 43.2 Å². The van der Waals surface area contributed by atoms with E-state index in [1.807, 2.05) is 37.2 Å². The summed E-state index contributed by atoms with van der Waals surface area (Å²) < 4.78 is 0. The van der Waals surface area contributed by atoms with Crippen LogP contribution in [0, 0.1) is 18.8 Å². The normalized spacial score (nSPS) is 20.7. The number of rotatable bonds is 6. The van der Waals surface area contributed by atoms with Gasteiger partial charge in [0.15, 0.2) is 0 Å². The Labute approximate surface area is 156 Å². The number of aryl methyl sites for hydroxylation is 1. The van der Waals surface area contributed by atoms with Gasteiger partial charge in [0.05, 0.1) is 0 Å². The second-order valence-electron chi connectivity index (χ2n) is 8.12. The van der Waals surface area contributed by atoms with Gasteiger partial charge in [0.2, 0.25) is 11.8 Å². The van der Waals surface area contributed by atoms with Crippen LogP contribution in [0.5, 0.6) is 0 Å². The van der Waals surface area contributed by atoms with E-state index >= 15 is 0 Å². The molecule has 5 nitrogen and oxygen atoms in total. The number of hydrogen-bond acceptors (Lipinski definition) is 3. The monoisotopic (exact) mass is 357 g/mol. The van der Waals surface area contributed by atoms with Gasteiger partial charge < -0.3 is 15.1 Å². The third kappa shape index (κ3) is 4.99. The highest BCUT2D eigenvalue weighted by Gasteiger charge is 2.29. The van der Waals surface area contributed by atoms with Gasteiger partial charge in [0, 0.05) is 51.4 Å². The smallest absolute Gasteiger partial charge is 0.224 e. The van der Waals surface area contributed by atoms with Crippen LogP contribution in [0.25, 0.3) is 0 Å². The summed E-state index contributed by atoms with van der Waals surface area (Å²) in [5.41, 5.74) is 3.13. The molecule has 1 unspecified atom stereocenters. The molecule has 0 aromatic heterocycles. The Bertz CT molecular complexity index is 667. The molecule has 2 amide bonds. The maximum Gasteiger partial charge on any atom is 0.224 e. The van der Waals surface area contributed by atoms with Crippen LogP contribution in [0.4, 0.5) is 11.4 Å². The number of hydrogen-bond donors (Lipinski definition) is 1. The SMILES string of the molecule is Cc1ccc(NC(=O)CC2CCC(=O)N(CC3CC3)CC2)cc1N(C)C. The first kappa shape index (κ1) is 18.7. The fourth-order valence-electron chi connectivity index (χ4n) is 3.75. The van der Waals surface area contributed by atoms with Crippen molar-refractivity contribution in [1.82, 2.24) is 4.90 Å². The first-order valence-corrected chi connectivity index (χ1v) is 9.78. The largest absolute Gasteiger partial charge is 0.377 e. The van der Waals surface area contributed by atoms with Crippen molar-refractivity contribution >= 4 is 23.2 Å². The van der Waals surface area contributed by atoms with Crippen molar-refractivity contribution < 1.29 is 9.59 Å². The third-order valence-electron chi connectivity index (χ3n) is 5.55. The minimum absolute atomic E-state index is 0.0478. The molecule has 2 aliphatic rings. The Hall–Kier alpha value is -2.04. The van der Waals surface area contributed by atoms with E-state index < -0.39 is 0 Å². The lowest BCUT2D eigenvalue weighted by Crippen LogP contribution is -2.32. The van der Waals surface area contributed by atoms with Gasteiger partial charge in [-0.1, -0.05) is 6.07 Å². The molecule has 1 heterocycles. The maximum atomic E-state index is 12.5. The summed E-state index contributed by atoms with van der Waals surface area (Å²) in [6.45, 7) is 3.80. The van der Waals surface area contributed by atoms with Crippen LogP contribution in [0.2, 0.25) is 0 Å². The molecule has 26 heavy (non-hydrogen) atoms. The second kappa shape index (κ2) is 8.11. The van der Waals surface area contributed by atoms with Crippen molar-refractivity contribution in [2.45, 2.75) is 45.4 Å².